The van der Waals surface area contributed by atoms with E-state index in [1.807, 2.05) is 48.5 Å². The lowest BCUT2D eigenvalue weighted by molar-refractivity contribution is -0.122. The summed E-state index contributed by atoms with van der Waals surface area (Å²) in [6.07, 6.45) is 6.89. The Kier molecular flexibility index (Phi) is 6.01. The minimum Gasteiger partial charge on any atom is -0.488 e. The summed E-state index contributed by atoms with van der Waals surface area (Å²) in [5, 5.41) is -0.350. The summed E-state index contributed by atoms with van der Waals surface area (Å²) in [4.78, 5) is 25.6. The molecule has 0 atom stereocenters. The van der Waals surface area contributed by atoms with Crippen LogP contribution in [0.1, 0.15) is 11.1 Å². The number of imide groups is 1. The average molecular weight is 475 g/mol. The SMILES string of the molecule is C#CCN1C(=O)S/C(=C/c2ccccc2OCc2ccc(I)cc2)C1=O. The molecule has 3 rings (SSSR count). The molecule has 2 aromatic carbocycles. The van der Waals surface area contributed by atoms with Crippen molar-refractivity contribution in [2.24, 2.45) is 0 Å². The van der Waals surface area contributed by atoms with E-state index in [0.29, 0.717) is 17.3 Å². The third-order valence-corrected chi connectivity index (χ3v) is 5.26. The molecule has 0 N–H and O–H groups in total. The number of carbonyl (C=O) groups is 2. The molecule has 1 fully saturated rings. The Balaban J connectivity index is 1.79. The van der Waals surface area contributed by atoms with E-state index in [1.54, 1.807) is 6.08 Å². The van der Waals surface area contributed by atoms with E-state index in [0.717, 1.165) is 31.4 Å². The molecule has 0 radical (unpaired) electrons. The average Bonchev–Trinajstić information content (AvgIpc) is 2.90. The van der Waals surface area contributed by atoms with Crippen LogP contribution in [0.2, 0.25) is 0 Å². The summed E-state index contributed by atoms with van der Waals surface area (Å²) in [6, 6.07) is 15.5. The maximum absolute atomic E-state index is 12.3. The van der Waals surface area contributed by atoms with Gasteiger partial charge in [0.1, 0.15) is 12.4 Å². The van der Waals surface area contributed by atoms with Crippen molar-refractivity contribution < 1.29 is 14.3 Å². The van der Waals surface area contributed by atoms with Crippen LogP contribution in [-0.2, 0) is 11.4 Å². The van der Waals surface area contributed by atoms with Crippen molar-refractivity contribution in [3.05, 3.63) is 68.1 Å². The van der Waals surface area contributed by atoms with Crippen molar-refractivity contribution in [2.75, 3.05) is 6.54 Å². The summed E-state index contributed by atoms with van der Waals surface area (Å²) in [5.74, 6) is 2.61. The van der Waals surface area contributed by atoms with Gasteiger partial charge in [-0.05, 0) is 64.2 Å². The summed E-state index contributed by atoms with van der Waals surface area (Å²) in [5.41, 5.74) is 1.79. The maximum atomic E-state index is 12.3. The van der Waals surface area contributed by atoms with Gasteiger partial charge in [0, 0.05) is 9.13 Å². The molecule has 2 aromatic rings. The van der Waals surface area contributed by atoms with Crippen LogP contribution >= 0.6 is 34.4 Å². The fourth-order valence-electron chi connectivity index (χ4n) is 2.34. The van der Waals surface area contributed by atoms with E-state index in [2.05, 4.69) is 28.5 Å². The quantitative estimate of drug-likeness (QED) is 0.362. The van der Waals surface area contributed by atoms with Gasteiger partial charge in [-0.1, -0.05) is 36.3 Å². The second-order valence-electron chi connectivity index (χ2n) is 5.42. The zero-order valence-corrected chi connectivity index (χ0v) is 16.6. The number of benzene rings is 2. The van der Waals surface area contributed by atoms with Gasteiger partial charge in [-0.15, -0.1) is 6.42 Å². The van der Waals surface area contributed by atoms with Crippen LogP contribution < -0.4 is 4.74 Å². The lowest BCUT2D eigenvalue weighted by Crippen LogP contribution is -2.28. The molecule has 0 unspecified atom stereocenters. The fraction of sp³-hybridized carbons (Fsp3) is 0.100. The molecule has 0 spiro atoms. The van der Waals surface area contributed by atoms with Gasteiger partial charge in [0.25, 0.3) is 11.1 Å². The molecule has 26 heavy (non-hydrogen) atoms. The molecule has 1 aliphatic heterocycles. The predicted octanol–water partition coefficient (Wildman–Crippen LogP) is 4.54. The van der Waals surface area contributed by atoms with Crippen molar-refractivity contribution in [3.8, 4) is 18.1 Å². The molecule has 4 nitrogen and oxygen atoms in total. The van der Waals surface area contributed by atoms with Gasteiger partial charge >= 0.3 is 0 Å². The first-order valence-electron chi connectivity index (χ1n) is 7.73. The number of halogens is 1. The first-order valence-corrected chi connectivity index (χ1v) is 9.63. The number of ether oxygens (including phenoxy) is 1. The highest BCUT2D eigenvalue weighted by atomic mass is 127. The third kappa shape index (κ3) is 4.29. The van der Waals surface area contributed by atoms with Crippen molar-refractivity contribution in [2.45, 2.75) is 6.61 Å². The van der Waals surface area contributed by atoms with E-state index >= 15 is 0 Å². The molecule has 1 heterocycles. The largest absolute Gasteiger partial charge is 0.488 e. The smallest absolute Gasteiger partial charge is 0.294 e. The fourth-order valence-corrected chi connectivity index (χ4v) is 3.53. The van der Waals surface area contributed by atoms with Crippen LogP contribution in [0.5, 0.6) is 5.75 Å². The Morgan fingerprint density at radius 3 is 2.62 bits per heavy atom. The van der Waals surface area contributed by atoms with E-state index < -0.39 is 0 Å². The molecule has 0 aliphatic carbocycles. The van der Waals surface area contributed by atoms with Gasteiger partial charge in [0.15, 0.2) is 0 Å². The number of rotatable bonds is 5. The van der Waals surface area contributed by atoms with Crippen LogP contribution in [0.4, 0.5) is 4.79 Å². The molecule has 130 valence electrons. The van der Waals surface area contributed by atoms with Crippen molar-refractivity contribution in [1.29, 1.82) is 0 Å². The summed E-state index contributed by atoms with van der Waals surface area (Å²) in [6.45, 7) is 0.396. The Morgan fingerprint density at radius 1 is 1.15 bits per heavy atom. The molecular weight excluding hydrogens is 461 g/mol. The third-order valence-electron chi connectivity index (χ3n) is 3.64. The van der Waals surface area contributed by atoms with Crippen molar-refractivity contribution in [3.63, 3.8) is 0 Å². The van der Waals surface area contributed by atoms with Gasteiger partial charge in [0.05, 0.1) is 11.4 Å². The summed E-state index contributed by atoms with van der Waals surface area (Å²) >= 11 is 3.14. The van der Waals surface area contributed by atoms with Crippen LogP contribution in [0.3, 0.4) is 0 Å². The Labute approximate surface area is 169 Å². The molecule has 2 amide bonds. The number of hydrogen-bond acceptors (Lipinski definition) is 4. The molecule has 0 bridgehead atoms. The first kappa shape index (κ1) is 18.5. The summed E-state index contributed by atoms with van der Waals surface area (Å²) < 4.78 is 7.07. The second-order valence-corrected chi connectivity index (χ2v) is 7.66. The highest BCUT2D eigenvalue weighted by Gasteiger charge is 2.34. The minimum atomic E-state index is -0.370. The molecular formula is C20H14INO3S. The lowest BCUT2D eigenvalue weighted by atomic mass is 10.1. The minimum absolute atomic E-state index is 0.0209. The monoisotopic (exact) mass is 475 g/mol. The van der Waals surface area contributed by atoms with E-state index in [1.165, 1.54) is 0 Å². The number of hydrogen-bond donors (Lipinski definition) is 0. The molecule has 1 saturated heterocycles. The molecule has 0 aromatic heterocycles. The van der Waals surface area contributed by atoms with Crippen LogP contribution in [0.25, 0.3) is 6.08 Å². The lowest BCUT2D eigenvalue weighted by Gasteiger charge is -2.10. The standard InChI is InChI=1S/C20H14INO3S/c1-2-11-22-19(23)18(26-20(22)24)12-15-5-3-4-6-17(15)25-13-14-7-9-16(21)10-8-14/h1,3-10,12H,11,13H2/b18-12+. The molecule has 1 aliphatic rings. The number of carbonyl (C=O) groups excluding carboxylic acids is 2. The second kappa shape index (κ2) is 8.43. The van der Waals surface area contributed by atoms with Gasteiger partial charge in [-0.25, -0.2) is 0 Å². The van der Waals surface area contributed by atoms with Gasteiger partial charge in [0.2, 0.25) is 0 Å². The highest BCUT2D eigenvalue weighted by Crippen LogP contribution is 2.33. The van der Waals surface area contributed by atoms with E-state index in [-0.39, 0.29) is 17.7 Å². The van der Waals surface area contributed by atoms with Gasteiger partial charge in [-0.3, -0.25) is 14.5 Å². The number of amides is 2. The Bertz CT molecular complexity index is 915. The first-order chi connectivity index (χ1) is 12.6. The number of terminal acetylenes is 1. The van der Waals surface area contributed by atoms with Crippen LogP contribution in [0, 0.1) is 15.9 Å². The molecule has 0 saturated carbocycles. The zero-order valence-electron chi connectivity index (χ0n) is 13.6. The number of thioether (sulfide) groups is 1. The van der Waals surface area contributed by atoms with Crippen LogP contribution in [-0.4, -0.2) is 22.6 Å². The van der Waals surface area contributed by atoms with E-state index in [4.69, 9.17) is 11.2 Å². The van der Waals surface area contributed by atoms with Crippen molar-refractivity contribution in [1.82, 2.24) is 4.90 Å². The predicted molar refractivity (Wildman–Crippen MR) is 111 cm³/mol. The molecule has 6 heteroatoms. The topological polar surface area (TPSA) is 46.6 Å². The van der Waals surface area contributed by atoms with E-state index in [9.17, 15) is 9.59 Å². The van der Waals surface area contributed by atoms with Crippen LogP contribution in [0.15, 0.2) is 53.4 Å². The normalized spacial score (nSPS) is 15.4. The zero-order chi connectivity index (χ0) is 18.5. The van der Waals surface area contributed by atoms with Crippen molar-refractivity contribution >= 4 is 51.6 Å². The Hall–Kier alpha value is -2.24. The van der Waals surface area contributed by atoms with Gasteiger partial charge < -0.3 is 4.74 Å². The number of nitrogens with zero attached hydrogens (tertiary/aromatic N) is 1. The number of para-hydroxylation sites is 1. The van der Waals surface area contributed by atoms with Gasteiger partial charge in [-0.2, -0.15) is 0 Å². The summed E-state index contributed by atoms with van der Waals surface area (Å²) in [7, 11) is 0. The Morgan fingerprint density at radius 2 is 1.88 bits per heavy atom. The maximum Gasteiger partial charge on any atom is 0.294 e. The highest BCUT2D eigenvalue weighted by molar-refractivity contribution is 14.1.